The molecule has 0 unspecified atom stereocenters. The van der Waals surface area contributed by atoms with Crippen LogP contribution in [0, 0.1) is 0 Å². The molecular formula is C17H10BrClO. The van der Waals surface area contributed by atoms with E-state index in [-0.39, 0.29) is 5.78 Å². The molecule has 0 radical (unpaired) electrons. The van der Waals surface area contributed by atoms with Gasteiger partial charge in [-0.3, -0.25) is 4.79 Å². The van der Waals surface area contributed by atoms with Crippen LogP contribution in [0.2, 0.25) is 5.02 Å². The zero-order valence-electron chi connectivity index (χ0n) is 10.4. The molecule has 0 aliphatic carbocycles. The molecule has 1 nitrogen and oxygen atoms in total. The summed E-state index contributed by atoms with van der Waals surface area (Å²) in [6, 6.07) is 18.9. The van der Waals surface area contributed by atoms with Gasteiger partial charge in [0.2, 0.25) is 0 Å². The summed E-state index contributed by atoms with van der Waals surface area (Å²) in [5.74, 6) is -0.0619. The summed E-state index contributed by atoms with van der Waals surface area (Å²) in [6.07, 6.45) is 0. The van der Waals surface area contributed by atoms with E-state index in [1.807, 2.05) is 54.6 Å². The highest BCUT2D eigenvalue weighted by Gasteiger charge is 2.16. The van der Waals surface area contributed by atoms with Gasteiger partial charge in [-0.05, 0) is 38.8 Å². The first-order valence-corrected chi connectivity index (χ1v) is 7.32. The number of carbonyl (C=O) groups is 1. The van der Waals surface area contributed by atoms with Crippen molar-refractivity contribution in [1.82, 2.24) is 0 Å². The second kappa shape index (κ2) is 5.39. The average molecular weight is 346 g/mol. The second-order valence-corrected chi connectivity index (χ2v) is 5.69. The van der Waals surface area contributed by atoms with Crippen LogP contribution < -0.4 is 0 Å². The summed E-state index contributed by atoms with van der Waals surface area (Å²) >= 11 is 9.57. The van der Waals surface area contributed by atoms with Gasteiger partial charge in [-0.15, -0.1) is 0 Å². The summed E-state index contributed by atoms with van der Waals surface area (Å²) < 4.78 is 0.727. The Morgan fingerprint density at radius 1 is 0.850 bits per heavy atom. The minimum atomic E-state index is -0.0619. The van der Waals surface area contributed by atoms with Crippen molar-refractivity contribution in [2.75, 3.05) is 0 Å². The number of ketones is 1. The fourth-order valence-corrected chi connectivity index (χ4v) is 2.83. The number of hydrogen-bond donors (Lipinski definition) is 0. The van der Waals surface area contributed by atoms with E-state index >= 15 is 0 Å². The lowest BCUT2D eigenvalue weighted by Gasteiger charge is -2.08. The van der Waals surface area contributed by atoms with E-state index in [9.17, 15) is 4.79 Å². The quantitative estimate of drug-likeness (QED) is 0.562. The minimum absolute atomic E-state index is 0.0619. The zero-order chi connectivity index (χ0) is 14.1. The molecule has 0 saturated heterocycles. The van der Waals surface area contributed by atoms with Crippen LogP contribution in [0.3, 0.4) is 0 Å². The number of benzene rings is 3. The standard InChI is InChI=1S/C17H10BrClO/c18-15-10-4-9-14(16(15)19)17(20)13-8-3-6-11-5-1-2-7-12(11)13/h1-10H. The summed E-state index contributed by atoms with van der Waals surface area (Å²) in [6.45, 7) is 0. The third-order valence-corrected chi connectivity index (χ3v) is 4.53. The van der Waals surface area contributed by atoms with Crippen molar-refractivity contribution in [2.45, 2.75) is 0 Å². The normalized spacial score (nSPS) is 10.7. The van der Waals surface area contributed by atoms with Crippen molar-refractivity contribution in [2.24, 2.45) is 0 Å². The molecule has 3 aromatic carbocycles. The first-order chi connectivity index (χ1) is 9.68. The smallest absolute Gasteiger partial charge is 0.195 e. The molecule has 0 spiro atoms. The van der Waals surface area contributed by atoms with Crippen LogP contribution in [0.4, 0.5) is 0 Å². The fourth-order valence-electron chi connectivity index (χ4n) is 2.25. The van der Waals surface area contributed by atoms with Gasteiger partial charge in [0.25, 0.3) is 0 Å². The number of halogens is 2. The maximum atomic E-state index is 12.7. The van der Waals surface area contributed by atoms with Gasteiger partial charge >= 0.3 is 0 Å². The Morgan fingerprint density at radius 3 is 2.35 bits per heavy atom. The highest BCUT2D eigenvalue weighted by molar-refractivity contribution is 9.10. The average Bonchev–Trinajstić information content (AvgIpc) is 2.49. The van der Waals surface area contributed by atoms with Gasteiger partial charge in [-0.25, -0.2) is 0 Å². The molecule has 0 amide bonds. The number of hydrogen-bond acceptors (Lipinski definition) is 1. The molecule has 20 heavy (non-hydrogen) atoms. The predicted octanol–water partition coefficient (Wildman–Crippen LogP) is 5.49. The van der Waals surface area contributed by atoms with Gasteiger partial charge < -0.3 is 0 Å². The molecule has 3 rings (SSSR count). The third-order valence-electron chi connectivity index (χ3n) is 3.23. The molecular weight excluding hydrogens is 336 g/mol. The Kier molecular flexibility index (Phi) is 3.60. The topological polar surface area (TPSA) is 17.1 Å². The first kappa shape index (κ1) is 13.3. The molecule has 0 bridgehead atoms. The summed E-state index contributed by atoms with van der Waals surface area (Å²) in [7, 11) is 0. The van der Waals surface area contributed by atoms with E-state index in [1.54, 1.807) is 6.07 Å². The molecule has 0 aromatic heterocycles. The Hall–Kier alpha value is -1.64. The van der Waals surface area contributed by atoms with Gasteiger partial charge in [-0.2, -0.15) is 0 Å². The Bertz CT molecular complexity index is 806. The van der Waals surface area contributed by atoms with Crippen LogP contribution in [0.5, 0.6) is 0 Å². The number of carbonyl (C=O) groups excluding carboxylic acids is 1. The van der Waals surface area contributed by atoms with Gasteiger partial charge in [0, 0.05) is 15.6 Å². The Labute approximate surface area is 130 Å². The summed E-state index contributed by atoms with van der Waals surface area (Å²) in [4.78, 5) is 12.7. The van der Waals surface area contributed by atoms with E-state index in [2.05, 4.69) is 15.9 Å². The first-order valence-electron chi connectivity index (χ1n) is 6.15. The maximum Gasteiger partial charge on any atom is 0.195 e. The van der Waals surface area contributed by atoms with E-state index in [1.165, 1.54) is 0 Å². The van der Waals surface area contributed by atoms with E-state index in [0.29, 0.717) is 16.1 Å². The van der Waals surface area contributed by atoms with Crippen molar-refractivity contribution in [1.29, 1.82) is 0 Å². The predicted molar refractivity (Wildman–Crippen MR) is 86.5 cm³/mol. The van der Waals surface area contributed by atoms with Crippen LogP contribution in [-0.2, 0) is 0 Å². The molecule has 0 aliphatic rings. The highest BCUT2D eigenvalue weighted by Crippen LogP contribution is 2.29. The zero-order valence-corrected chi connectivity index (χ0v) is 12.8. The highest BCUT2D eigenvalue weighted by atomic mass is 79.9. The van der Waals surface area contributed by atoms with Crippen LogP contribution in [0.25, 0.3) is 10.8 Å². The van der Waals surface area contributed by atoms with Gasteiger partial charge in [0.1, 0.15) is 0 Å². The lowest BCUT2D eigenvalue weighted by molar-refractivity contribution is 0.104. The van der Waals surface area contributed by atoms with Crippen LogP contribution in [-0.4, -0.2) is 5.78 Å². The maximum absolute atomic E-state index is 12.7. The number of fused-ring (bicyclic) bond motifs is 1. The SMILES string of the molecule is O=C(c1cccc(Br)c1Cl)c1cccc2ccccc12. The lowest BCUT2D eigenvalue weighted by Crippen LogP contribution is -2.03. The third kappa shape index (κ3) is 2.26. The number of rotatable bonds is 2. The Morgan fingerprint density at radius 2 is 1.50 bits per heavy atom. The monoisotopic (exact) mass is 344 g/mol. The molecule has 98 valence electrons. The van der Waals surface area contributed by atoms with E-state index in [0.717, 1.165) is 15.2 Å². The van der Waals surface area contributed by atoms with Gasteiger partial charge in [0.05, 0.1) is 5.02 Å². The summed E-state index contributed by atoms with van der Waals surface area (Å²) in [5, 5.41) is 2.44. The van der Waals surface area contributed by atoms with Gasteiger partial charge in [-0.1, -0.05) is 60.1 Å². The molecule has 0 aliphatic heterocycles. The van der Waals surface area contributed by atoms with E-state index < -0.39 is 0 Å². The molecule has 0 fully saturated rings. The van der Waals surface area contributed by atoms with Crippen LogP contribution in [0.1, 0.15) is 15.9 Å². The molecule has 0 heterocycles. The lowest BCUT2D eigenvalue weighted by atomic mass is 9.97. The van der Waals surface area contributed by atoms with Crippen LogP contribution in [0.15, 0.2) is 65.1 Å². The summed E-state index contributed by atoms with van der Waals surface area (Å²) in [5.41, 5.74) is 1.18. The molecule has 0 atom stereocenters. The minimum Gasteiger partial charge on any atom is -0.289 e. The van der Waals surface area contributed by atoms with Gasteiger partial charge in [0.15, 0.2) is 5.78 Å². The van der Waals surface area contributed by atoms with Crippen molar-refractivity contribution < 1.29 is 4.79 Å². The van der Waals surface area contributed by atoms with Crippen molar-refractivity contribution in [3.8, 4) is 0 Å². The molecule has 3 heteroatoms. The van der Waals surface area contributed by atoms with Crippen LogP contribution >= 0.6 is 27.5 Å². The fraction of sp³-hybridized carbons (Fsp3) is 0. The van der Waals surface area contributed by atoms with Crippen molar-refractivity contribution in [3.63, 3.8) is 0 Å². The molecule has 0 saturated carbocycles. The van der Waals surface area contributed by atoms with E-state index in [4.69, 9.17) is 11.6 Å². The van der Waals surface area contributed by atoms with Crippen molar-refractivity contribution in [3.05, 3.63) is 81.3 Å². The molecule has 0 N–H and O–H groups in total. The molecule has 3 aromatic rings. The second-order valence-electron chi connectivity index (χ2n) is 4.46. The largest absolute Gasteiger partial charge is 0.289 e. The Balaban J connectivity index is 2.21. The van der Waals surface area contributed by atoms with Crippen molar-refractivity contribution >= 4 is 44.1 Å².